The number of carbonyl (C=O) groups is 1. The molecule has 2 rings (SSSR count). The first-order valence-corrected chi connectivity index (χ1v) is 8.37. The van der Waals surface area contributed by atoms with E-state index in [1.54, 1.807) is 13.3 Å². The summed E-state index contributed by atoms with van der Waals surface area (Å²) in [5.41, 5.74) is 0.969. The molecule has 1 aromatic heterocycles. The summed E-state index contributed by atoms with van der Waals surface area (Å²) in [6, 6.07) is 1.90. The van der Waals surface area contributed by atoms with Gasteiger partial charge in [0.15, 0.2) is 5.96 Å². The van der Waals surface area contributed by atoms with Gasteiger partial charge in [-0.2, -0.15) is 0 Å². The van der Waals surface area contributed by atoms with Gasteiger partial charge in [0.1, 0.15) is 6.26 Å². The van der Waals surface area contributed by atoms with Crippen molar-refractivity contribution in [2.45, 2.75) is 25.8 Å². The maximum Gasteiger partial charge on any atom is 0.305 e. The van der Waals surface area contributed by atoms with Crippen molar-refractivity contribution in [1.29, 1.82) is 0 Å². The first kappa shape index (κ1) is 21.7. The fourth-order valence-corrected chi connectivity index (χ4v) is 2.69. The number of hydrogen-bond acceptors (Lipinski definition) is 6. The molecule has 0 aromatic carbocycles. The summed E-state index contributed by atoms with van der Waals surface area (Å²) >= 11 is 0. The molecule has 1 saturated heterocycles. The average Bonchev–Trinajstić information content (AvgIpc) is 3.12. The molecule has 1 aliphatic rings. The predicted molar refractivity (Wildman–Crippen MR) is 106 cm³/mol. The third-order valence-corrected chi connectivity index (χ3v) is 4.08. The highest BCUT2D eigenvalue weighted by Gasteiger charge is 2.20. The Hall–Kier alpha value is -1.36. The van der Waals surface area contributed by atoms with E-state index >= 15 is 0 Å². The van der Waals surface area contributed by atoms with E-state index < -0.39 is 0 Å². The number of ether oxygens (including phenoxy) is 1. The standard InChI is InChI=1S/C16H27N5O3.HI/c1-17-16(18-7-4-3-5-15(22)23-2)21-10-8-20(9-11-21)13-14-6-12-24-19-14;/h6,12H,3-5,7-11,13H2,1-2H3,(H,17,18);1H. The molecule has 0 bridgehead atoms. The van der Waals surface area contributed by atoms with Crippen LogP contribution in [0.15, 0.2) is 21.8 Å². The molecular formula is C16H28IN5O3. The van der Waals surface area contributed by atoms with Crippen LogP contribution in [0.1, 0.15) is 25.0 Å². The van der Waals surface area contributed by atoms with Crippen molar-refractivity contribution in [1.82, 2.24) is 20.3 Å². The van der Waals surface area contributed by atoms with E-state index in [0.29, 0.717) is 6.42 Å². The van der Waals surface area contributed by atoms with Crippen molar-refractivity contribution < 1.29 is 14.1 Å². The number of unbranched alkanes of at least 4 members (excludes halogenated alkanes) is 1. The Morgan fingerprint density at radius 2 is 2.12 bits per heavy atom. The molecule has 0 amide bonds. The van der Waals surface area contributed by atoms with Gasteiger partial charge in [0, 0.05) is 58.8 Å². The number of methoxy groups -OCH3 is 1. The van der Waals surface area contributed by atoms with Crippen LogP contribution >= 0.6 is 24.0 Å². The van der Waals surface area contributed by atoms with Crippen molar-refractivity contribution in [3.63, 3.8) is 0 Å². The molecule has 1 aromatic rings. The molecule has 0 spiro atoms. The molecule has 0 atom stereocenters. The summed E-state index contributed by atoms with van der Waals surface area (Å²) in [6.45, 7) is 5.43. The lowest BCUT2D eigenvalue weighted by atomic mass is 10.2. The van der Waals surface area contributed by atoms with E-state index in [0.717, 1.165) is 63.8 Å². The van der Waals surface area contributed by atoms with E-state index in [9.17, 15) is 4.79 Å². The number of halogens is 1. The van der Waals surface area contributed by atoms with Gasteiger partial charge in [-0.05, 0) is 12.8 Å². The normalized spacial score (nSPS) is 15.6. The van der Waals surface area contributed by atoms with Crippen LogP contribution in [0.3, 0.4) is 0 Å². The lowest BCUT2D eigenvalue weighted by Gasteiger charge is -2.36. The van der Waals surface area contributed by atoms with Crippen LogP contribution < -0.4 is 5.32 Å². The number of hydrogen-bond donors (Lipinski definition) is 1. The van der Waals surface area contributed by atoms with Gasteiger partial charge in [0.2, 0.25) is 0 Å². The number of aliphatic imine (C=N–C) groups is 1. The summed E-state index contributed by atoms with van der Waals surface area (Å²) in [6.07, 6.45) is 3.82. The zero-order valence-corrected chi connectivity index (χ0v) is 17.3. The van der Waals surface area contributed by atoms with Crippen LogP contribution in [0.5, 0.6) is 0 Å². The topological polar surface area (TPSA) is 83.2 Å². The van der Waals surface area contributed by atoms with Gasteiger partial charge in [0.05, 0.1) is 12.8 Å². The minimum Gasteiger partial charge on any atom is -0.469 e. The van der Waals surface area contributed by atoms with E-state index in [2.05, 4.69) is 30.0 Å². The zero-order valence-electron chi connectivity index (χ0n) is 14.9. The predicted octanol–water partition coefficient (Wildman–Crippen LogP) is 1.33. The summed E-state index contributed by atoms with van der Waals surface area (Å²) in [4.78, 5) is 20.0. The number of guanidine groups is 1. The number of esters is 1. The van der Waals surface area contributed by atoms with E-state index in [1.165, 1.54) is 7.11 Å². The molecule has 1 N–H and O–H groups in total. The fourth-order valence-electron chi connectivity index (χ4n) is 2.69. The SMILES string of the molecule is CN=C(NCCCCC(=O)OC)N1CCN(Cc2ccon2)CC1.I. The maximum absolute atomic E-state index is 11.1. The summed E-state index contributed by atoms with van der Waals surface area (Å²) in [7, 11) is 3.23. The minimum atomic E-state index is -0.150. The number of aromatic nitrogens is 1. The van der Waals surface area contributed by atoms with E-state index in [1.807, 2.05) is 6.07 Å². The smallest absolute Gasteiger partial charge is 0.305 e. The number of carbonyl (C=O) groups excluding carboxylic acids is 1. The third kappa shape index (κ3) is 7.59. The quantitative estimate of drug-likeness (QED) is 0.214. The highest BCUT2D eigenvalue weighted by atomic mass is 127. The lowest BCUT2D eigenvalue weighted by molar-refractivity contribution is -0.140. The van der Waals surface area contributed by atoms with Crippen molar-refractivity contribution in [2.75, 3.05) is 46.9 Å². The van der Waals surface area contributed by atoms with Gasteiger partial charge < -0.3 is 19.5 Å². The molecule has 25 heavy (non-hydrogen) atoms. The van der Waals surface area contributed by atoms with Crippen LogP contribution in [0, 0.1) is 0 Å². The van der Waals surface area contributed by atoms with E-state index in [-0.39, 0.29) is 29.9 Å². The van der Waals surface area contributed by atoms with Crippen molar-refractivity contribution in [2.24, 2.45) is 4.99 Å². The van der Waals surface area contributed by atoms with Crippen LogP contribution in [-0.2, 0) is 16.1 Å². The summed E-state index contributed by atoms with van der Waals surface area (Å²) in [5, 5.41) is 7.33. The molecule has 8 nitrogen and oxygen atoms in total. The van der Waals surface area contributed by atoms with Gasteiger partial charge >= 0.3 is 5.97 Å². The Bertz CT molecular complexity index is 516. The molecule has 9 heteroatoms. The molecule has 1 aliphatic heterocycles. The molecule has 2 heterocycles. The fraction of sp³-hybridized carbons (Fsp3) is 0.688. The van der Waals surface area contributed by atoms with Gasteiger partial charge in [-0.25, -0.2) is 0 Å². The first-order valence-electron chi connectivity index (χ1n) is 8.37. The summed E-state index contributed by atoms with van der Waals surface area (Å²) < 4.78 is 9.51. The number of nitrogens with one attached hydrogen (secondary N) is 1. The van der Waals surface area contributed by atoms with Gasteiger partial charge in [-0.1, -0.05) is 5.16 Å². The van der Waals surface area contributed by atoms with Crippen molar-refractivity contribution in [3.8, 4) is 0 Å². The second-order valence-corrected chi connectivity index (χ2v) is 5.76. The number of nitrogens with zero attached hydrogens (tertiary/aromatic N) is 4. The van der Waals surface area contributed by atoms with Gasteiger partial charge in [-0.15, -0.1) is 24.0 Å². The van der Waals surface area contributed by atoms with E-state index in [4.69, 9.17) is 4.52 Å². The van der Waals surface area contributed by atoms with Gasteiger partial charge in [0.25, 0.3) is 0 Å². The van der Waals surface area contributed by atoms with Crippen molar-refractivity contribution in [3.05, 3.63) is 18.0 Å². The molecule has 0 saturated carbocycles. The lowest BCUT2D eigenvalue weighted by Crippen LogP contribution is -2.52. The number of rotatable bonds is 7. The van der Waals surface area contributed by atoms with Crippen LogP contribution in [0.4, 0.5) is 0 Å². The molecule has 0 unspecified atom stereocenters. The molecule has 1 fully saturated rings. The Labute approximate surface area is 166 Å². The molecule has 0 aliphatic carbocycles. The van der Waals surface area contributed by atoms with Crippen LogP contribution in [0.2, 0.25) is 0 Å². The molecule has 142 valence electrons. The minimum absolute atomic E-state index is 0. The monoisotopic (exact) mass is 465 g/mol. The molecular weight excluding hydrogens is 437 g/mol. The Morgan fingerprint density at radius 3 is 2.72 bits per heavy atom. The Morgan fingerprint density at radius 1 is 1.36 bits per heavy atom. The Kier molecular flexibility index (Phi) is 10.5. The second-order valence-electron chi connectivity index (χ2n) is 5.76. The average molecular weight is 465 g/mol. The van der Waals surface area contributed by atoms with Crippen LogP contribution in [0.25, 0.3) is 0 Å². The maximum atomic E-state index is 11.1. The summed E-state index contributed by atoms with van der Waals surface area (Å²) in [5.74, 6) is 0.775. The van der Waals surface area contributed by atoms with Crippen LogP contribution in [-0.4, -0.2) is 73.8 Å². The zero-order chi connectivity index (χ0) is 17.2. The highest BCUT2D eigenvalue weighted by Crippen LogP contribution is 2.07. The Balaban J connectivity index is 0.00000312. The highest BCUT2D eigenvalue weighted by molar-refractivity contribution is 14.0. The first-order chi connectivity index (χ1) is 11.7. The van der Waals surface area contributed by atoms with Crippen molar-refractivity contribution >= 4 is 35.9 Å². The molecule has 0 radical (unpaired) electrons. The second kappa shape index (κ2) is 12.1. The third-order valence-electron chi connectivity index (χ3n) is 4.08. The van der Waals surface area contributed by atoms with Gasteiger partial charge in [-0.3, -0.25) is 14.7 Å². The number of piperazine rings is 1. The largest absolute Gasteiger partial charge is 0.469 e.